The summed E-state index contributed by atoms with van der Waals surface area (Å²) in [6.45, 7) is 1.08. The lowest BCUT2D eigenvalue weighted by Crippen LogP contribution is -2.42. The van der Waals surface area contributed by atoms with Crippen molar-refractivity contribution >= 4 is 39.8 Å². The molecule has 0 saturated carbocycles. The van der Waals surface area contributed by atoms with Crippen LogP contribution in [0.25, 0.3) is 16.2 Å². The fourth-order valence-electron chi connectivity index (χ4n) is 3.75. The fraction of sp³-hybridized carbons (Fsp3) is 0.130. The van der Waals surface area contributed by atoms with Gasteiger partial charge in [-0.05, 0) is 36.8 Å². The van der Waals surface area contributed by atoms with Crippen LogP contribution < -0.4 is 10.6 Å². The van der Waals surface area contributed by atoms with Crippen molar-refractivity contribution in [2.75, 3.05) is 11.9 Å². The SMILES string of the molecule is CC1(c2ccc(F)cc2)NC(=O)N(CC(=O)Nc2ccc(-c3cn4ccsc4n3)cc2)C1=O. The molecule has 2 aromatic carbocycles. The number of fused-ring (bicyclic) bond motifs is 1. The minimum atomic E-state index is -1.37. The van der Waals surface area contributed by atoms with Crippen molar-refractivity contribution in [1.82, 2.24) is 19.6 Å². The highest BCUT2D eigenvalue weighted by molar-refractivity contribution is 7.15. The molecule has 0 radical (unpaired) electrons. The third-order valence-corrected chi connectivity index (χ3v) is 6.33. The Morgan fingerprint density at radius 2 is 1.88 bits per heavy atom. The molecule has 4 amide bonds. The van der Waals surface area contributed by atoms with Gasteiger partial charge in [-0.25, -0.2) is 14.2 Å². The second-order valence-corrected chi connectivity index (χ2v) is 8.67. The zero-order valence-electron chi connectivity index (χ0n) is 17.4. The second kappa shape index (κ2) is 7.82. The predicted molar refractivity (Wildman–Crippen MR) is 121 cm³/mol. The summed E-state index contributed by atoms with van der Waals surface area (Å²) in [5.41, 5.74) is 1.30. The summed E-state index contributed by atoms with van der Waals surface area (Å²) in [5.74, 6) is -1.55. The van der Waals surface area contributed by atoms with Gasteiger partial charge in [-0.2, -0.15) is 0 Å². The first-order valence-corrected chi connectivity index (χ1v) is 10.9. The molecule has 8 nitrogen and oxygen atoms in total. The Morgan fingerprint density at radius 1 is 1.15 bits per heavy atom. The highest BCUT2D eigenvalue weighted by Gasteiger charge is 2.49. The lowest BCUT2D eigenvalue weighted by Gasteiger charge is -2.22. The van der Waals surface area contributed by atoms with Crippen LogP contribution >= 0.6 is 11.3 Å². The van der Waals surface area contributed by atoms with Crippen LogP contribution in [-0.4, -0.2) is 38.7 Å². The quantitative estimate of drug-likeness (QED) is 0.442. The van der Waals surface area contributed by atoms with Gasteiger partial charge in [-0.1, -0.05) is 24.3 Å². The number of rotatable bonds is 5. The molecule has 33 heavy (non-hydrogen) atoms. The molecule has 2 aromatic heterocycles. The maximum absolute atomic E-state index is 13.2. The molecule has 10 heteroatoms. The first-order chi connectivity index (χ1) is 15.8. The predicted octanol–water partition coefficient (Wildman–Crippen LogP) is 3.61. The van der Waals surface area contributed by atoms with E-state index in [9.17, 15) is 18.8 Å². The number of anilines is 1. The van der Waals surface area contributed by atoms with Crippen LogP contribution in [0.1, 0.15) is 12.5 Å². The number of imidazole rings is 1. The summed E-state index contributed by atoms with van der Waals surface area (Å²) in [6.07, 6.45) is 3.86. The molecule has 0 aliphatic carbocycles. The molecule has 1 unspecified atom stereocenters. The summed E-state index contributed by atoms with van der Waals surface area (Å²) in [5, 5.41) is 7.25. The Kier molecular flexibility index (Phi) is 4.94. The number of aromatic nitrogens is 2. The first kappa shape index (κ1) is 20.8. The van der Waals surface area contributed by atoms with E-state index in [0.717, 1.165) is 21.1 Å². The van der Waals surface area contributed by atoms with Gasteiger partial charge in [-0.15, -0.1) is 11.3 Å². The van der Waals surface area contributed by atoms with Crippen LogP contribution in [0.2, 0.25) is 0 Å². The summed E-state index contributed by atoms with van der Waals surface area (Å²) in [7, 11) is 0. The zero-order chi connectivity index (χ0) is 23.2. The Morgan fingerprint density at radius 3 is 2.58 bits per heavy atom. The van der Waals surface area contributed by atoms with Crippen molar-refractivity contribution < 1.29 is 18.8 Å². The van der Waals surface area contributed by atoms with E-state index in [1.54, 1.807) is 23.5 Å². The van der Waals surface area contributed by atoms with Gasteiger partial charge < -0.3 is 10.6 Å². The van der Waals surface area contributed by atoms with Gasteiger partial charge >= 0.3 is 6.03 Å². The minimum Gasteiger partial charge on any atom is -0.325 e. The number of thiazole rings is 1. The van der Waals surface area contributed by atoms with Gasteiger partial charge in [0, 0.05) is 29.0 Å². The minimum absolute atomic E-state index is 0.430. The average molecular weight is 463 g/mol. The number of nitrogens with one attached hydrogen (secondary N) is 2. The normalized spacial score (nSPS) is 18.1. The largest absolute Gasteiger partial charge is 0.325 e. The van der Waals surface area contributed by atoms with Gasteiger partial charge in [0.15, 0.2) is 4.96 Å². The van der Waals surface area contributed by atoms with Crippen LogP contribution in [0, 0.1) is 5.82 Å². The van der Waals surface area contributed by atoms with Crippen LogP contribution in [0.15, 0.2) is 66.3 Å². The highest BCUT2D eigenvalue weighted by atomic mass is 32.1. The van der Waals surface area contributed by atoms with E-state index < -0.39 is 35.7 Å². The van der Waals surface area contributed by atoms with E-state index in [4.69, 9.17) is 0 Å². The van der Waals surface area contributed by atoms with Gasteiger partial charge in [0.1, 0.15) is 17.9 Å². The van der Waals surface area contributed by atoms with Crippen LogP contribution in [0.3, 0.4) is 0 Å². The lowest BCUT2D eigenvalue weighted by atomic mass is 9.92. The van der Waals surface area contributed by atoms with E-state index in [0.29, 0.717) is 11.3 Å². The van der Waals surface area contributed by atoms with E-state index in [1.165, 1.54) is 31.2 Å². The molecule has 2 N–H and O–H groups in total. The van der Waals surface area contributed by atoms with Crippen molar-refractivity contribution in [3.63, 3.8) is 0 Å². The number of imide groups is 1. The molecular formula is C23H18FN5O3S. The van der Waals surface area contributed by atoms with Gasteiger partial charge in [-0.3, -0.25) is 18.9 Å². The van der Waals surface area contributed by atoms with Gasteiger partial charge in [0.05, 0.1) is 5.69 Å². The molecule has 0 spiro atoms. The van der Waals surface area contributed by atoms with Crippen LogP contribution in [0.5, 0.6) is 0 Å². The van der Waals surface area contributed by atoms with Crippen LogP contribution in [-0.2, 0) is 15.1 Å². The highest BCUT2D eigenvalue weighted by Crippen LogP contribution is 2.29. The van der Waals surface area contributed by atoms with Crippen molar-refractivity contribution in [1.29, 1.82) is 0 Å². The second-order valence-electron chi connectivity index (χ2n) is 7.80. The smallest absolute Gasteiger partial charge is 0.325 e. The van der Waals surface area contributed by atoms with Crippen LogP contribution in [0.4, 0.5) is 14.9 Å². The van der Waals surface area contributed by atoms with E-state index in [-0.39, 0.29) is 0 Å². The molecule has 4 aromatic rings. The maximum atomic E-state index is 13.2. The van der Waals surface area contributed by atoms with Crippen molar-refractivity contribution in [3.8, 4) is 11.3 Å². The molecule has 5 rings (SSSR count). The number of benzene rings is 2. The molecule has 1 aliphatic heterocycles. The summed E-state index contributed by atoms with van der Waals surface area (Å²) in [6, 6.07) is 11.7. The Bertz CT molecular complexity index is 1350. The molecule has 0 bridgehead atoms. The van der Waals surface area contributed by atoms with Gasteiger partial charge in [0.25, 0.3) is 5.91 Å². The molecule has 1 fully saturated rings. The van der Waals surface area contributed by atoms with E-state index in [2.05, 4.69) is 15.6 Å². The Labute approximate surface area is 191 Å². The molecule has 1 aliphatic rings. The monoisotopic (exact) mass is 463 g/mol. The van der Waals surface area contributed by atoms with Crippen molar-refractivity contribution in [3.05, 3.63) is 77.7 Å². The molecule has 3 heterocycles. The third-order valence-electron chi connectivity index (χ3n) is 5.56. The number of urea groups is 1. The van der Waals surface area contributed by atoms with E-state index in [1.807, 2.05) is 34.3 Å². The number of hydrogen-bond donors (Lipinski definition) is 2. The standard InChI is InChI=1S/C23H18FN5O3S/c1-23(15-4-6-16(24)7-5-15)20(31)29(21(32)27-23)13-19(30)25-17-8-2-14(3-9-17)18-12-28-10-11-33-22(28)26-18/h2-12H,13H2,1H3,(H,25,30)(H,27,32). The maximum Gasteiger partial charge on any atom is 0.325 e. The molecule has 1 saturated heterocycles. The molecule has 166 valence electrons. The number of carbonyl (C=O) groups is 3. The number of amides is 4. The Balaban J connectivity index is 1.26. The summed E-state index contributed by atoms with van der Waals surface area (Å²) < 4.78 is 15.2. The van der Waals surface area contributed by atoms with Gasteiger partial charge in [0.2, 0.25) is 5.91 Å². The first-order valence-electron chi connectivity index (χ1n) is 10.1. The average Bonchev–Trinajstić information content (AvgIpc) is 3.45. The Hall–Kier alpha value is -4.05. The third kappa shape index (κ3) is 3.74. The van der Waals surface area contributed by atoms with E-state index >= 15 is 0 Å². The lowest BCUT2D eigenvalue weighted by molar-refractivity contribution is -0.133. The zero-order valence-corrected chi connectivity index (χ0v) is 18.2. The number of carbonyl (C=O) groups excluding carboxylic acids is 3. The fourth-order valence-corrected chi connectivity index (χ4v) is 4.45. The number of nitrogens with zero attached hydrogens (tertiary/aromatic N) is 3. The summed E-state index contributed by atoms with van der Waals surface area (Å²) in [4.78, 5) is 44.2. The molecular weight excluding hydrogens is 445 g/mol. The topological polar surface area (TPSA) is 95.8 Å². The van der Waals surface area contributed by atoms with Crippen molar-refractivity contribution in [2.24, 2.45) is 0 Å². The molecule has 1 atom stereocenters. The number of halogens is 1. The number of hydrogen-bond acceptors (Lipinski definition) is 5. The summed E-state index contributed by atoms with van der Waals surface area (Å²) >= 11 is 1.54. The van der Waals surface area contributed by atoms with Crippen molar-refractivity contribution in [2.45, 2.75) is 12.5 Å².